The van der Waals surface area contributed by atoms with Crippen molar-refractivity contribution in [1.29, 1.82) is 0 Å². The van der Waals surface area contributed by atoms with Gasteiger partial charge in [0, 0.05) is 31.9 Å². The number of aryl methyl sites for hydroxylation is 1. The van der Waals surface area contributed by atoms with Gasteiger partial charge in [0.1, 0.15) is 5.75 Å². The maximum absolute atomic E-state index is 12.9. The Kier molecular flexibility index (Phi) is 5.82. The number of carbonyl (C=O) groups is 1. The minimum absolute atomic E-state index is 0.0944. The first-order valence-corrected chi connectivity index (χ1v) is 9.41. The van der Waals surface area contributed by atoms with Crippen molar-refractivity contribution in [2.75, 3.05) is 31.1 Å². The van der Waals surface area contributed by atoms with E-state index in [4.69, 9.17) is 4.74 Å². The van der Waals surface area contributed by atoms with Gasteiger partial charge in [-0.3, -0.25) is 4.79 Å². The first kappa shape index (κ1) is 18.3. The molecule has 4 heteroatoms. The van der Waals surface area contributed by atoms with E-state index in [1.54, 1.807) is 0 Å². The summed E-state index contributed by atoms with van der Waals surface area (Å²) in [6, 6.07) is 16.0. The average molecular weight is 352 g/mol. The number of piperazine rings is 1. The molecule has 0 aromatic heterocycles. The monoisotopic (exact) mass is 352 g/mol. The Morgan fingerprint density at radius 3 is 2.35 bits per heavy atom. The highest BCUT2D eigenvalue weighted by Gasteiger charge is 2.28. The highest BCUT2D eigenvalue weighted by molar-refractivity contribution is 5.81. The zero-order valence-corrected chi connectivity index (χ0v) is 15.9. The summed E-state index contributed by atoms with van der Waals surface area (Å²) in [6.07, 6.45) is 0.259. The normalized spacial score (nSPS) is 15.7. The van der Waals surface area contributed by atoms with Gasteiger partial charge < -0.3 is 14.5 Å². The number of anilines is 1. The fourth-order valence-electron chi connectivity index (χ4n) is 3.42. The molecule has 0 spiro atoms. The number of rotatable bonds is 5. The van der Waals surface area contributed by atoms with Crippen molar-refractivity contribution in [2.24, 2.45) is 0 Å². The van der Waals surface area contributed by atoms with E-state index in [-0.39, 0.29) is 5.91 Å². The SMILES string of the molecule is CC[C@H](Oc1ccccc1)C(=O)N1CCN(c2cccc(C)c2C)CC1. The Morgan fingerprint density at radius 2 is 1.69 bits per heavy atom. The molecule has 3 rings (SSSR count). The van der Waals surface area contributed by atoms with E-state index < -0.39 is 6.10 Å². The van der Waals surface area contributed by atoms with Crippen LogP contribution in [0, 0.1) is 13.8 Å². The van der Waals surface area contributed by atoms with Gasteiger partial charge in [-0.05, 0) is 49.6 Å². The van der Waals surface area contributed by atoms with Crippen LogP contribution in [0.2, 0.25) is 0 Å². The molecule has 0 aliphatic carbocycles. The molecule has 26 heavy (non-hydrogen) atoms. The zero-order valence-electron chi connectivity index (χ0n) is 15.9. The lowest BCUT2D eigenvalue weighted by Crippen LogP contribution is -2.52. The first-order valence-electron chi connectivity index (χ1n) is 9.41. The number of hydrogen-bond acceptors (Lipinski definition) is 3. The Hall–Kier alpha value is -2.49. The summed E-state index contributed by atoms with van der Waals surface area (Å²) >= 11 is 0. The minimum Gasteiger partial charge on any atom is -0.481 e. The highest BCUT2D eigenvalue weighted by Crippen LogP contribution is 2.24. The molecule has 0 N–H and O–H groups in total. The summed E-state index contributed by atoms with van der Waals surface area (Å²) in [5.74, 6) is 0.846. The van der Waals surface area contributed by atoms with Crippen molar-refractivity contribution < 1.29 is 9.53 Å². The zero-order chi connectivity index (χ0) is 18.5. The molecular formula is C22H28N2O2. The number of benzene rings is 2. The van der Waals surface area contributed by atoms with Gasteiger partial charge in [-0.15, -0.1) is 0 Å². The van der Waals surface area contributed by atoms with Gasteiger partial charge in [0.05, 0.1) is 0 Å². The van der Waals surface area contributed by atoms with E-state index in [9.17, 15) is 4.79 Å². The van der Waals surface area contributed by atoms with Crippen molar-refractivity contribution in [3.05, 3.63) is 59.7 Å². The van der Waals surface area contributed by atoms with Crippen molar-refractivity contribution >= 4 is 11.6 Å². The molecule has 138 valence electrons. The van der Waals surface area contributed by atoms with Gasteiger partial charge in [0.25, 0.3) is 5.91 Å². The third kappa shape index (κ3) is 4.01. The number of ether oxygens (including phenoxy) is 1. The van der Waals surface area contributed by atoms with Crippen molar-refractivity contribution in [1.82, 2.24) is 4.90 Å². The predicted molar refractivity (Wildman–Crippen MR) is 106 cm³/mol. The molecule has 0 saturated carbocycles. The van der Waals surface area contributed by atoms with E-state index in [0.717, 1.165) is 31.9 Å². The quantitative estimate of drug-likeness (QED) is 0.820. The van der Waals surface area contributed by atoms with Crippen LogP contribution in [0.5, 0.6) is 5.75 Å². The maximum atomic E-state index is 12.9. The molecule has 1 saturated heterocycles. The van der Waals surface area contributed by atoms with Crippen LogP contribution in [-0.2, 0) is 4.79 Å². The lowest BCUT2D eigenvalue weighted by Gasteiger charge is -2.38. The van der Waals surface area contributed by atoms with E-state index >= 15 is 0 Å². The van der Waals surface area contributed by atoms with E-state index in [0.29, 0.717) is 6.42 Å². The van der Waals surface area contributed by atoms with Crippen LogP contribution in [0.25, 0.3) is 0 Å². The molecule has 1 heterocycles. The first-order chi connectivity index (χ1) is 12.6. The Balaban J connectivity index is 1.61. The van der Waals surface area contributed by atoms with Crippen molar-refractivity contribution in [3.8, 4) is 5.75 Å². The molecular weight excluding hydrogens is 324 g/mol. The molecule has 1 aliphatic rings. The van der Waals surface area contributed by atoms with Crippen LogP contribution < -0.4 is 9.64 Å². The lowest BCUT2D eigenvalue weighted by atomic mass is 10.1. The van der Waals surface area contributed by atoms with E-state index in [1.165, 1.54) is 16.8 Å². The van der Waals surface area contributed by atoms with Crippen LogP contribution >= 0.6 is 0 Å². The number of para-hydroxylation sites is 1. The Labute approximate surface area is 156 Å². The summed E-state index contributed by atoms with van der Waals surface area (Å²) < 4.78 is 5.92. The summed E-state index contributed by atoms with van der Waals surface area (Å²) in [5.41, 5.74) is 3.92. The fraction of sp³-hybridized carbons (Fsp3) is 0.409. The molecule has 1 atom stereocenters. The third-order valence-electron chi connectivity index (χ3n) is 5.18. The van der Waals surface area contributed by atoms with Crippen molar-refractivity contribution in [3.63, 3.8) is 0 Å². The average Bonchev–Trinajstić information content (AvgIpc) is 2.69. The lowest BCUT2D eigenvalue weighted by molar-refractivity contribution is -0.139. The molecule has 2 aromatic carbocycles. The topological polar surface area (TPSA) is 32.8 Å². The molecule has 2 aromatic rings. The second kappa shape index (κ2) is 8.26. The third-order valence-corrected chi connectivity index (χ3v) is 5.18. The van der Waals surface area contributed by atoms with Gasteiger partial charge in [0.2, 0.25) is 0 Å². The predicted octanol–water partition coefficient (Wildman–Crippen LogP) is 3.81. The molecule has 4 nitrogen and oxygen atoms in total. The molecule has 1 aliphatic heterocycles. The number of amides is 1. The molecule has 1 amide bonds. The van der Waals surface area contributed by atoms with E-state index in [1.807, 2.05) is 42.2 Å². The summed E-state index contributed by atoms with van der Waals surface area (Å²) in [6.45, 7) is 9.50. The Morgan fingerprint density at radius 1 is 1.00 bits per heavy atom. The molecule has 1 fully saturated rings. The van der Waals surface area contributed by atoms with Crippen LogP contribution in [0.1, 0.15) is 24.5 Å². The second-order valence-electron chi connectivity index (χ2n) is 6.86. The van der Waals surface area contributed by atoms with Gasteiger partial charge in [0.15, 0.2) is 6.10 Å². The number of carbonyl (C=O) groups excluding carboxylic acids is 1. The number of nitrogens with zero attached hydrogens (tertiary/aromatic N) is 2. The van der Waals surface area contributed by atoms with Crippen LogP contribution in [0.3, 0.4) is 0 Å². The molecule has 0 radical (unpaired) electrons. The van der Waals surface area contributed by atoms with Gasteiger partial charge in [-0.2, -0.15) is 0 Å². The van der Waals surface area contributed by atoms with Crippen molar-refractivity contribution in [2.45, 2.75) is 33.3 Å². The Bertz CT molecular complexity index is 737. The highest BCUT2D eigenvalue weighted by atomic mass is 16.5. The smallest absolute Gasteiger partial charge is 0.263 e. The number of hydrogen-bond donors (Lipinski definition) is 0. The van der Waals surface area contributed by atoms with Crippen LogP contribution in [-0.4, -0.2) is 43.1 Å². The molecule has 0 bridgehead atoms. The maximum Gasteiger partial charge on any atom is 0.263 e. The minimum atomic E-state index is -0.412. The van der Waals surface area contributed by atoms with Gasteiger partial charge in [-0.1, -0.05) is 37.3 Å². The summed E-state index contributed by atoms with van der Waals surface area (Å²) in [5, 5.41) is 0. The van der Waals surface area contributed by atoms with Gasteiger partial charge in [-0.25, -0.2) is 0 Å². The summed E-state index contributed by atoms with van der Waals surface area (Å²) in [7, 11) is 0. The van der Waals surface area contributed by atoms with Gasteiger partial charge >= 0.3 is 0 Å². The second-order valence-corrected chi connectivity index (χ2v) is 6.86. The van der Waals surface area contributed by atoms with E-state index in [2.05, 4.69) is 36.9 Å². The summed E-state index contributed by atoms with van der Waals surface area (Å²) in [4.78, 5) is 17.2. The van der Waals surface area contributed by atoms with Crippen LogP contribution in [0.15, 0.2) is 48.5 Å². The standard InChI is InChI=1S/C22H28N2O2/c1-4-21(26-19-10-6-5-7-11-19)22(25)24-15-13-23(14-16-24)20-12-8-9-17(2)18(20)3/h5-12,21H,4,13-16H2,1-3H3/t21-/m0/s1. The van der Waals surface area contributed by atoms with Crippen LogP contribution in [0.4, 0.5) is 5.69 Å². The fourth-order valence-corrected chi connectivity index (χ4v) is 3.42. The largest absolute Gasteiger partial charge is 0.481 e. The molecule has 0 unspecified atom stereocenters.